The van der Waals surface area contributed by atoms with Crippen LogP contribution in [0.15, 0.2) is 11.0 Å². The summed E-state index contributed by atoms with van der Waals surface area (Å²) < 4.78 is 11.1. The Hall–Kier alpha value is -2.25. The zero-order valence-corrected chi connectivity index (χ0v) is 13.6. The van der Waals surface area contributed by atoms with Crippen molar-refractivity contribution in [3.05, 3.63) is 22.1 Å². The van der Waals surface area contributed by atoms with Gasteiger partial charge in [-0.3, -0.25) is 9.48 Å². The average Bonchev–Trinajstić information content (AvgIpc) is 2.72. The van der Waals surface area contributed by atoms with Gasteiger partial charge in [-0.1, -0.05) is 0 Å². The minimum atomic E-state index is -0.876. The molecule has 0 spiro atoms. The van der Waals surface area contributed by atoms with Crippen LogP contribution in [0.5, 0.6) is 0 Å². The van der Waals surface area contributed by atoms with Gasteiger partial charge in [0.1, 0.15) is 11.6 Å². The zero-order chi connectivity index (χ0) is 16.9. The average molecular weight is 313 g/mol. The highest BCUT2D eigenvalue weighted by atomic mass is 16.6. The van der Waals surface area contributed by atoms with E-state index >= 15 is 0 Å². The molecule has 0 fully saturated rings. The summed E-state index contributed by atoms with van der Waals surface area (Å²) in [4.78, 5) is 35.2. The molecular weight excluding hydrogens is 290 g/mol. The summed E-state index contributed by atoms with van der Waals surface area (Å²) >= 11 is 0. The number of carbonyl (C=O) groups is 2. The maximum Gasteiger partial charge on any atom is 0.408 e. The first kappa shape index (κ1) is 17.8. The quantitative estimate of drug-likeness (QED) is 0.780. The molecule has 1 atom stereocenters. The normalized spacial score (nSPS) is 12.6. The molecule has 2 N–H and O–H groups in total. The molecule has 0 aliphatic rings. The number of carbonyl (C=O) groups excluding carboxylic acids is 2. The first-order valence-electron chi connectivity index (χ1n) is 6.94. The number of nitrogens with zero attached hydrogens (tertiary/aromatic N) is 1. The maximum absolute atomic E-state index is 11.8. The van der Waals surface area contributed by atoms with Gasteiger partial charge >= 0.3 is 12.1 Å². The van der Waals surface area contributed by atoms with Gasteiger partial charge in [0.15, 0.2) is 0 Å². The molecule has 0 bridgehead atoms. The summed E-state index contributed by atoms with van der Waals surface area (Å²) in [5, 5.41) is 5.22. The van der Waals surface area contributed by atoms with Crippen LogP contribution < -0.4 is 10.9 Å². The summed E-state index contributed by atoms with van der Waals surface area (Å²) in [6.45, 7) is 5.18. The summed E-state index contributed by atoms with van der Waals surface area (Å²) in [5.74, 6) is -0.585. The highest BCUT2D eigenvalue weighted by molar-refractivity contribution is 5.81. The third-order valence-corrected chi connectivity index (χ3v) is 2.89. The van der Waals surface area contributed by atoms with Crippen molar-refractivity contribution >= 4 is 12.1 Å². The van der Waals surface area contributed by atoms with Gasteiger partial charge in [0.05, 0.1) is 7.11 Å². The van der Waals surface area contributed by atoms with Crippen LogP contribution in [-0.2, 0) is 27.7 Å². The van der Waals surface area contributed by atoms with E-state index in [0.29, 0.717) is 12.0 Å². The van der Waals surface area contributed by atoms with Crippen molar-refractivity contribution in [2.45, 2.75) is 45.3 Å². The summed E-state index contributed by atoms with van der Waals surface area (Å²) in [6.07, 6.45) is 1.43. The van der Waals surface area contributed by atoms with Crippen molar-refractivity contribution in [3.63, 3.8) is 0 Å². The number of amides is 1. The van der Waals surface area contributed by atoms with E-state index in [-0.39, 0.29) is 12.0 Å². The van der Waals surface area contributed by atoms with Crippen molar-refractivity contribution in [1.82, 2.24) is 15.1 Å². The SMILES string of the molecule is COC(=O)[C@H](CCc1c[nH]n(C)c1=O)NC(=O)OC(C)(C)C. The Morgan fingerprint density at radius 3 is 2.50 bits per heavy atom. The fraction of sp³-hybridized carbons (Fsp3) is 0.643. The van der Waals surface area contributed by atoms with Crippen LogP contribution >= 0.6 is 0 Å². The number of aryl methyl sites for hydroxylation is 2. The number of nitrogens with one attached hydrogen (secondary N) is 2. The Balaban J connectivity index is 2.69. The van der Waals surface area contributed by atoms with Gasteiger partial charge in [-0.25, -0.2) is 9.59 Å². The van der Waals surface area contributed by atoms with Crippen LogP contribution in [0.25, 0.3) is 0 Å². The molecular formula is C14H23N3O5. The van der Waals surface area contributed by atoms with Crippen LogP contribution in [0, 0.1) is 0 Å². The van der Waals surface area contributed by atoms with Gasteiger partial charge in [-0.05, 0) is 33.6 Å². The van der Waals surface area contributed by atoms with Crippen molar-refractivity contribution in [1.29, 1.82) is 0 Å². The Bertz CT molecular complexity index is 582. The van der Waals surface area contributed by atoms with Crippen molar-refractivity contribution < 1.29 is 19.1 Å². The van der Waals surface area contributed by atoms with Crippen LogP contribution in [-0.4, -0.2) is 40.6 Å². The van der Waals surface area contributed by atoms with Gasteiger partial charge in [0.25, 0.3) is 5.56 Å². The van der Waals surface area contributed by atoms with E-state index < -0.39 is 23.7 Å². The monoisotopic (exact) mass is 313 g/mol. The first-order valence-corrected chi connectivity index (χ1v) is 6.94. The molecule has 1 heterocycles. The molecule has 0 aliphatic heterocycles. The molecule has 0 unspecified atom stereocenters. The van der Waals surface area contributed by atoms with E-state index in [1.165, 1.54) is 11.8 Å². The molecule has 1 aromatic heterocycles. The van der Waals surface area contributed by atoms with Crippen molar-refractivity contribution in [3.8, 4) is 0 Å². The molecule has 8 heteroatoms. The predicted octanol–water partition coefficient (Wildman–Crippen LogP) is 0.712. The number of rotatable bonds is 5. The number of methoxy groups -OCH3 is 1. The second-order valence-electron chi connectivity index (χ2n) is 5.92. The number of aromatic nitrogens is 2. The van der Waals surface area contributed by atoms with Gasteiger partial charge in [-0.2, -0.15) is 0 Å². The third-order valence-electron chi connectivity index (χ3n) is 2.89. The van der Waals surface area contributed by atoms with Gasteiger partial charge < -0.3 is 19.9 Å². The zero-order valence-electron chi connectivity index (χ0n) is 13.6. The van der Waals surface area contributed by atoms with Gasteiger partial charge in [-0.15, -0.1) is 0 Å². The summed E-state index contributed by atoms with van der Waals surface area (Å²) in [5.41, 5.74) is -0.301. The molecule has 0 saturated heterocycles. The fourth-order valence-corrected chi connectivity index (χ4v) is 1.83. The second kappa shape index (κ2) is 7.15. The van der Waals surface area contributed by atoms with E-state index in [1.54, 1.807) is 34.0 Å². The Morgan fingerprint density at radius 1 is 1.41 bits per heavy atom. The Kier molecular flexibility index (Phi) is 5.78. The number of H-pyrrole nitrogens is 1. The molecule has 8 nitrogen and oxygen atoms in total. The number of hydrogen-bond acceptors (Lipinski definition) is 5. The van der Waals surface area contributed by atoms with Gasteiger partial charge in [0, 0.05) is 18.8 Å². The lowest BCUT2D eigenvalue weighted by molar-refractivity contribution is -0.143. The van der Waals surface area contributed by atoms with Crippen LogP contribution in [0.1, 0.15) is 32.8 Å². The molecule has 0 radical (unpaired) electrons. The number of aromatic amines is 1. The Morgan fingerprint density at radius 2 is 2.05 bits per heavy atom. The minimum absolute atomic E-state index is 0.166. The minimum Gasteiger partial charge on any atom is -0.467 e. The van der Waals surface area contributed by atoms with E-state index in [2.05, 4.69) is 15.2 Å². The van der Waals surface area contributed by atoms with E-state index in [0.717, 1.165) is 0 Å². The molecule has 1 aromatic rings. The van der Waals surface area contributed by atoms with E-state index in [1.807, 2.05) is 0 Å². The standard InChI is InChI=1S/C14H23N3O5/c1-14(2,3)22-13(20)16-10(12(19)21-5)7-6-9-8-15-17(4)11(9)18/h8,10,15H,6-7H2,1-5H3,(H,16,20)/t10-/m0/s1. The highest BCUT2D eigenvalue weighted by Gasteiger charge is 2.25. The largest absolute Gasteiger partial charge is 0.467 e. The second-order valence-corrected chi connectivity index (χ2v) is 5.92. The topological polar surface area (TPSA) is 102 Å². The summed E-state index contributed by atoms with van der Waals surface area (Å²) in [6, 6.07) is -0.876. The van der Waals surface area contributed by atoms with Crippen molar-refractivity contribution in [2.24, 2.45) is 7.05 Å². The molecule has 22 heavy (non-hydrogen) atoms. The lowest BCUT2D eigenvalue weighted by Gasteiger charge is -2.22. The summed E-state index contributed by atoms with van der Waals surface area (Å²) in [7, 11) is 2.84. The van der Waals surface area contributed by atoms with Crippen LogP contribution in [0.2, 0.25) is 0 Å². The highest BCUT2D eigenvalue weighted by Crippen LogP contribution is 2.08. The first-order chi connectivity index (χ1) is 10.1. The van der Waals surface area contributed by atoms with Gasteiger partial charge in [0.2, 0.25) is 0 Å². The maximum atomic E-state index is 11.8. The van der Waals surface area contributed by atoms with Crippen molar-refractivity contribution in [2.75, 3.05) is 7.11 Å². The van der Waals surface area contributed by atoms with E-state index in [9.17, 15) is 14.4 Å². The van der Waals surface area contributed by atoms with Crippen LogP contribution in [0.3, 0.4) is 0 Å². The smallest absolute Gasteiger partial charge is 0.408 e. The molecule has 1 amide bonds. The molecule has 124 valence electrons. The molecule has 0 saturated carbocycles. The third kappa shape index (κ3) is 5.27. The fourth-order valence-electron chi connectivity index (χ4n) is 1.83. The number of alkyl carbamates (subject to hydrolysis) is 1. The number of esters is 1. The molecule has 0 aromatic carbocycles. The lowest BCUT2D eigenvalue weighted by atomic mass is 10.1. The number of hydrogen-bond donors (Lipinski definition) is 2. The predicted molar refractivity (Wildman–Crippen MR) is 79.5 cm³/mol. The molecule has 0 aliphatic carbocycles. The lowest BCUT2D eigenvalue weighted by Crippen LogP contribution is -2.44. The van der Waals surface area contributed by atoms with Crippen LogP contribution in [0.4, 0.5) is 4.79 Å². The van der Waals surface area contributed by atoms with E-state index in [4.69, 9.17) is 4.74 Å². The molecule has 1 rings (SSSR count). The Labute approximate surface area is 128 Å². The number of ether oxygens (including phenoxy) is 2.